The Bertz CT molecular complexity index is 1740. The van der Waals surface area contributed by atoms with Gasteiger partial charge in [0, 0.05) is 0 Å². The molecule has 2 heterocycles. The summed E-state index contributed by atoms with van der Waals surface area (Å²) in [5.74, 6) is 0. The second-order valence-corrected chi connectivity index (χ2v) is 55.4. The minimum absolute atomic E-state index is 0.0313. The Labute approximate surface area is 430 Å². The van der Waals surface area contributed by atoms with Crippen molar-refractivity contribution < 1.29 is 54.5 Å². The van der Waals surface area contributed by atoms with E-state index in [9.17, 15) is 0 Å². The maximum atomic E-state index is 16.3. The van der Waals surface area contributed by atoms with Crippen LogP contribution in [-0.4, -0.2) is 89.6 Å². The average Bonchev–Trinajstić information content (AvgIpc) is 3.93. The van der Waals surface area contributed by atoms with Crippen molar-refractivity contribution in [3.05, 3.63) is 0 Å². The summed E-state index contributed by atoms with van der Waals surface area (Å²) in [6.45, 7) is 28.1. The van der Waals surface area contributed by atoms with Gasteiger partial charge in [-0.15, -0.1) is 0 Å². The first kappa shape index (κ1) is 65.7. The third-order valence-corrected chi connectivity index (χ3v) is 62.4. The molecule has 12 nitrogen and oxygen atoms in total. The molecular weight excluding hydrogens is 1190 g/mol. The van der Waals surface area contributed by atoms with Crippen LogP contribution in [0.3, 0.4) is 0 Å². The standard InChI is InChI=1S/C24H40O12P4S2.6C4H9.2Sn/c1-9-29-37(25,30-10-2)19-17-41-23(21(19)39(27,33-13-5)34-14-6)24-22(40(28,35-15-7)36-16-8)20(18-42-24)38(26,31-11-3)32-12-4;6*1-3-4-2;;/h9-16H2,1-8H3;6*1,3-4H2,2H3;;. The fraction of sp³-hybridized carbons (Fsp3) is 0.833. The van der Waals surface area contributed by atoms with Gasteiger partial charge < -0.3 is 0 Å². The first-order valence-electron chi connectivity index (χ1n) is 26.5. The molecule has 0 unspecified atom stereocenters. The molecule has 0 saturated carbocycles. The van der Waals surface area contributed by atoms with Crippen LogP contribution in [0.2, 0.25) is 26.6 Å². The van der Waals surface area contributed by atoms with E-state index >= 15 is 18.3 Å². The third kappa shape index (κ3) is 16.3. The van der Waals surface area contributed by atoms with Crippen LogP contribution in [-0.2, 0) is 54.5 Å². The molecule has 2 aromatic rings. The summed E-state index contributed by atoms with van der Waals surface area (Å²) >= 11 is -4.69. The van der Waals surface area contributed by atoms with E-state index in [0.29, 0.717) is 20.4 Å². The molecule has 20 heteroatoms. The Kier molecular flexibility index (Phi) is 31.8. The Balaban J connectivity index is 4.02. The first-order chi connectivity index (χ1) is 32.5. The number of thiophene rings is 2. The van der Waals surface area contributed by atoms with Crippen molar-refractivity contribution >= 4 is 117 Å². The van der Waals surface area contributed by atoms with Crippen LogP contribution in [0.5, 0.6) is 0 Å². The van der Waals surface area contributed by atoms with Crippen LogP contribution >= 0.6 is 53.1 Å². The second kappa shape index (κ2) is 32.9. The monoisotopic (exact) mass is 1290 g/mol. The fourth-order valence-corrected chi connectivity index (χ4v) is 67.3. The summed E-state index contributed by atoms with van der Waals surface area (Å²) in [6, 6.07) is 0. The Morgan fingerprint density at radius 2 is 0.485 bits per heavy atom. The summed E-state index contributed by atoms with van der Waals surface area (Å²) in [5, 5.41) is 0.921. The van der Waals surface area contributed by atoms with Gasteiger partial charge in [0.15, 0.2) is 0 Å². The van der Waals surface area contributed by atoms with Crippen LogP contribution in [0.4, 0.5) is 0 Å². The molecule has 0 aromatic carbocycles. The third-order valence-electron chi connectivity index (χ3n) is 12.4. The zero-order valence-corrected chi connectivity index (χ0v) is 55.8. The van der Waals surface area contributed by atoms with Gasteiger partial charge in [-0.1, -0.05) is 0 Å². The first-order valence-corrected chi connectivity index (χ1v) is 49.2. The summed E-state index contributed by atoms with van der Waals surface area (Å²) in [4.78, 5) is 0.942. The SMILES string of the molecule is CCC[CH2][Sn]([CH2]CCC)([CH2]CCC)[c]1sc(-c2s[c]([Sn]([CH2]CCC)([CH2]CCC)[CH2]CCC)c(P(=O)(OCC)OCC)c2P(=O)(OCC)OCC)c(P(=O)(OCC)OCC)c1P(=O)(OCC)OCC. The van der Waals surface area contributed by atoms with Gasteiger partial charge in [0.05, 0.1) is 0 Å². The van der Waals surface area contributed by atoms with Gasteiger partial charge in [-0.05, 0) is 0 Å². The minimum atomic E-state index is -4.42. The number of rotatable bonds is 41. The van der Waals surface area contributed by atoms with E-state index < -0.39 is 67.1 Å². The summed E-state index contributed by atoms with van der Waals surface area (Å²) in [5.41, 5.74) is 0. The molecule has 0 aliphatic carbocycles. The molecule has 0 aliphatic heterocycles. The normalized spacial score (nSPS) is 13.3. The fourth-order valence-electron chi connectivity index (χ4n) is 9.42. The van der Waals surface area contributed by atoms with Crippen molar-refractivity contribution in [1.82, 2.24) is 0 Å². The van der Waals surface area contributed by atoms with Crippen LogP contribution < -0.4 is 27.0 Å². The molecule has 0 amide bonds. The van der Waals surface area contributed by atoms with E-state index in [0.717, 1.165) is 109 Å². The Morgan fingerprint density at radius 1 is 0.309 bits per heavy atom. The van der Waals surface area contributed by atoms with Gasteiger partial charge in [-0.25, -0.2) is 0 Å². The van der Waals surface area contributed by atoms with Gasteiger partial charge in [-0.3, -0.25) is 0 Å². The molecule has 68 heavy (non-hydrogen) atoms. The second-order valence-electron chi connectivity index (χ2n) is 17.4. The topological polar surface area (TPSA) is 142 Å². The van der Waals surface area contributed by atoms with Crippen LogP contribution in [0.1, 0.15) is 174 Å². The zero-order valence-electron chi connectivity index (χ0n) is 44.9. The number of hydrogen-bond donors (Lipinski definition) is 0. The van der Waals surface area contributed by atoms with E-state index in [-0.39, 0.29) is 63.5 Å². The van der Waals surface area contributed by atoms with E-state index in [1.807, 2.05) is 0 Å². The van der Waals surface area contributed by atoms with E-state index in [2.05, 4.69) is 41.5 Å². The van der Waals surface area contributed by atoms with Gasteiger partial charge in [0.2, 0.25) is 0 Å². The van der Waals surface area contributed by atoms with Crippen molar-refractivity contribution in [3.8, 4) is 9.75 Å². The van der Waals surface area contributed by atoms with Crippen molar-refractivity contribution in [2.45, 2.75) is 201 Å². The zero-order chi connectivity index (χ0) is 51.1. The molecular formula is C48H94O12P4S2Sn2. The summed E-state index contributed by atoms with van der Waals surface area (Å²) in [7, 11) is -17.4. The Hall–Kier alpha value is 1.60. The van der Waals surface area contributed by atoms with Crippen molar-refractivity contribution in [2.75, 3.05) is 52.9 Å². The molecule has 0 aliphatic rings. The Morgan fingerprint density at radius 3 is 0.647 bits per heavy atom. The van der Waals surface area contributed by atoms with Crippen LogP contribution in [0.15, 0.2) is 0 Å². The van der Waals surface area contributed by atoms with Gasteiger partial charge in [0.25, 0.3) is 0 Å². The molecule has 398 valence electrons. The molecule has 0 fully saturated rings. The molecule has 0 radical (unpaired) electrons. The van der Waals surface area contributed by atoms with E-state index in [1.54, 1.807) is 55.4 Å². The van der Waals surface area contributed by atoms with Crippen molar-refractivity contribution in [1.29, 1.82) is 0 Å². The molecule has 0 saturated heterocycles. The summed E-state index contributed by atoms with van der Waals surface area (Å²) in [6.07, 6.45) is 11.9. The predicted molar refractivity (Wildman–Crippen MR) is 299 cm³/mol. The van der Waals surface area contributed by atoms with Gasteiger partial charge in [-0.2, -0.15) is 0 Å². The molecule has 0 atom stereocenters. The molecule has 0 N–H and O–H groups in total. The van der Waals surface area contributed by atoms with Crippen LogP contribution in [0.25, 0.3) is 9.75 Å². The van der Waals surface area contributed by atoms with Crippen LogP contribution in [0, 0.1) is 0 Å². The van der Waals surface area contributed by atoms with Crippen molar-refractivity contribution in [3.63, 3.8) is 0 Å². The predicted octanol–water partition coefficient (Wildman–Crippen LogP) is 15.2. The van der Waals surface area contributed by atoms with Gasteiger partial charge in [0.1, 0.15) is 0 Å². The quantitative estimate of drug-likeness (QED) is 0.0462. The summed E-state index contributed by atoms with van der Waals surface area (Å²) < 4.78 is 124. The molecule has 0 bridgehead atoms. The number of hydrogen-bond acceptors (Lipinski definition) is 14. The van der Waals surface area contributed by atoms with Gasteiger partial charge >= 0.3 is 434 Å². The van der Waals surface area contributed by atoms with E-state index in [1.165, 1.54) is 22.7 Å². The molecule has 2 aromatic heterocycles. The van der Waals surface area contributed by atoms with Crippen molar-refractivity contribution in [2.24, 2.45) is 0 Å². The number of unbranched alkanes of at least 4 members (excludes halogenated alkanes) is 6. The average molecular weight is 1290 g/mol. The molecule has 2 rings (SSSR count). The maximum absolute atomic E-state index is 16.3. The van der Waals surface area contributed by atoms with E-state index in [4.69, 9.17) is 36.2 Å². The molecule has 0 spiro atoms.